The van der Waals surface area contributed by atoms with Crippen LogP contribution in [0.25, 0.3) is 93.0 Å². The number of nitrogens with zero attached hydrogens (tertiary/aromatic N) is 2. The van der Waals surface area contributed by atoms with Gasteiger partial charge in [0.15, 0.2) is 0 Å². The SMILES string of the molecule is C=C1/C=C(/c2ccccc2)N=C(c2ccccc2)CC=C=C1c1cc(-n2c3ccccc3c3ccc(-c4cccc5ccccc45)cc32)c2c3ccccc3c3ccccc3c2c1. The van der Waals surface area contributed by atoms with Gasteiger partial charge in [0, 0.05) is 33.7 Å². The van der Waals surface area contributed by atoms with Crippen molar-refractivity contribution in [3.05, 3.63) is 253 Å². The number of allylic oxidation sites excluding steroid dienone is 3. The third kappa shape index (κ3) is 6.16. The molecule has 1 aliphatic rings. The lowest BCUT2D eigenvalue weighted by molar-refractivity contribution is 1.20. The standard InChI is InChI=1S/C61H40N2/c1-40-36-57(43-21-6-3-7-22-43)62-56(42-19-4-2-5-20-42)32-17-30-46(40)45-37-55-51-27-11-10-25-49(51)50-26-12-13-29-54(50)61(55)60(39-45)63-58-33-15-14-28-52(58)53-35-34-44(38-59(53)63)48-31-16-23-41-18-8-9-24-47(41)48/h2-29,31,33-39H,1,32H2/b57-36-,62-56?. The quantitative estimate of drug-likeness (QED) is 0.122. The normalized spacial score (nSPS) is 14.2. The minimum atomic E-state index is 0.614. The van der Waals surface area contributed by atoms with Crippen LogP contribution in [0.4, 0.5) is 0 Å². The van der Waals surface area contributed by atoms with E-state index < -0.39 is 0 Å². The van der Waals surface area contributed by atoms with Gasteiger partial charge in [0.1, 0.15) is 0 Å². The van der Waals surface area contributed by atoms with Crippen molar-refractivity contribution < 1.29 is 0 Å². The molecule has 0 bridgehead atoms. The molecule has 0 aliphatic carbocycles. The fourth-order valence-electron chi connectivity index (χ4n) is 9.85. The molecule has 2 nitrogen and oxygen atoms in total. The molecule has 0 spiro atoms. The van der Waals surface area contributed by atoms with Gasteiger partial charge in [-0.1, -0.05) is 189 Å². The zero-order valence-corrected chi connectivity index (χ0v) is 34.6. The van der Waals surface area contributed by atoms with Crippen LogP contribution in [0.3, 0.4) is 0 Å². The lowest BCUT2D eigenvalue weighted by Gasteiger charge is -2.19. The monoisotopic (exact) mass is 800 g/mol. The minimum Gasteiger partial charge on any atom is -0.309 e. The Morgan fingerprint density at radius 1 is 0.444 bits per heavy atom. The number of rotatable bonds is 5. The van der Waals surface area contributed by atoms with Gasteiger partial charge in [-0.2, -0.15) is 0 Å². The first-order chi connectivity index (χ1) is 31.2. The number of hydrogen-bond donors (Lipinski definition) is 0. The minimum absolute atomic E-state index is 0.614. The van der Waals surface area contributed by atoms with Crippen LogP contribution in [0.1, 0.15) is 23.1 Å². The molecule has 12 rings (SSSR count). The van der Waals surface area contributed by atoms with Crippen molar-refractivity contribution in [3.63, 3.8) is 0 Å². The molecule has 0 saturated heterocycles. The molecule has 2 heteroatoms. The Labute approximate surface area is 366 Å². The first kappa shape index (κ1) is 36.6. The second-order valence-corrected chi connectivity index (χ2v) is 16.4. The molecule has 63 heavy (non-hydrogen) atoms. The van der Waals surface area contributed by atoms with Gasteiger partial charge in [0.25, 0.3) is 0 Å². The molecule has 2 heterocycles. The average Bonchev–Trinajstić information content (AvgIpc) is 3.71. The molecule has 0 radical (unpaired) electrons. The van der Waals surface area contributed by atoms with E-state index in [9.17, 15) is 0 Å². The lowest BCUT2D eigenvalue weighted by Crippen LogP contribution is -2.00. The summed E-state index contributed by atoms with van der Waals surface area (Å²) in [5.41, 5.74) is 16.4. The van der Waals surface area contributed by atoms with Gasteiger partial charge in [0.2, 0.25) is 0 Å². The molecule has 0 fully saturated rings. The maximum atomic E-state index is 5.35. The van der Waals surface area contributed by atoms with Gasteiger partial charge in [-0.3, -0.25) is 4.99 Å². The summed E-state index contributed by atoms with van der Waals surface area (Å²) in [6, 6.07) is 74.5. The summed E-state index contributed by atoms with van der Waals surface area (Å²) < 4.78 is 2.51. The molecular weight excluding hydrogens is 761 g/mol. The first-order valence-electron chi connectivity index (χ1n) is 21.6. The van der Waals surface area contributed by atoms with Crippen molar-refractivity contribution in [2.75, 3.05) is 0 Å². The van der Waals surface area contributed by atoms with Crippen LogP contribution < -0.4 is 0 Å². The summed E-state index contributed by atoms with van der Waals surface area (Å²) in [6.07, 6.45) is 4.88. The number of aliphatic imine (C=N–C) groups is 1. The molecule has 1 aromatic heterocycles. The Bertz CT molecular complexity index is 3790. The molecule has 1 aliphatic heterocycles. The second-order valence-electron chi connectivity index (χ2n) is 16.4. The topological polar surface area (TPSA) is 17.3 Å². The van der Waals surface area contributed by atoms with Crippen LogP contribution in [-0.2, 0) is 0 Å². The lowest BCUT2D eigenvalue weighted by atomic mass is 9.89. The van der Waals surface area contributed by atoms with Gasteiger partial charge in [-0.25, -0.2) is 0 Å². The predicted octanol–water partition coefficient (Wildman–Crippen LogP) is 16.1. The molecule has 0 amide bonds. The predicted molar refractivity (Wildman–Crippen MR) is 269 cm³/mol. The molecule has 0 unspecified atom stereocenters. The van der Waals surface area contributed by atoms with Crippen LogP contribution in [0, 0.1) is 0 Å². The number of benzene rings is 10. The maximum Gasteiger partial charge on any atom is 0.0711 e. The fraction of sp³-hybridized carbons (Fsp3) is 0.0164. The average molecular weight is 801 g/mol. The van der Waals surface area contributed by atoms with Gasteiger partial charge in [-0.15, -0.1) is 5.73 Å². The van der Waals surface area contributed by atoms with Crippen molar-refractivity contribution in [1.82, 2.24) is 4.57 Å². The van der Waals surface area contributed by atoms with Crippen molar-refractivity contribution in [2.24, 2.45) is 4.99 Å². The summed E-state index contributed by atoms with van der Waals surface area (Å²) in [4.78, 5) is 5.35. The Hall–Kier alpha value is -8.29. The van der Waals surface area contributed by atoms with Crippen molar-refractivity contribution in [1.29, 1.82) is 0 Å². The van der Waals surface area contributed by atoms with E-state index >= 15 is 0 Å². The van der Waals surface area contributed by atoms with Gasteiger partial charge in [0.05, 0.1) is 28.1 Å². The zero-order valence-electron chi connectivity index (χ0n) is 34.6. The highest BCUT2D eigenvalue weighted by molar-refractivity contribution is 6.28. The summed E-state index contributed by atoms with van der Waals surface area (Å²) in [5, 5.41) is 12.2. The van der Waals surface area contributed by atoms with Crippen molar-refractivity contribution in [3.8, 4) is 16.8 Å². The van der Waals surface area contributed by atoms with Crippen LogP contribution in [0.15, 0.2) is 241 Å². The molecule has 294 valence electrons. The van der Waals surface area contributed by atoms with E-state index in [2.05, 4.69) is 223 Å². The number of para-hydroxylation sites is 1. The molecule has 0 N–H and O–H groups in total. The summed E-state index contributed by atoms with van der Waals surface area (Å²) in [5.74, 6) is 0. The molecule has 0 saturated carbocycles. The fourth-order valence-corrected chi connectivity index (χ4v) is 9.85. The molecule has 0 atom stereocenters. The maximum absolute atomic E-state index is 5.35. The van der Waals surface area contributed by atoms with Crippen LogP contribution in [-0.4, -0.2) is 10.3 Å². The van der Waals surface area contributed by atoms with Gasteiger partial charge < -0.3 is 4.57 Å². The first-order valence-corrected chi connectivity index (χ1v) is 21.6. The zero-order chi connectivity index (χ0) is 41.9. The van der Waals surface area contributed by atoms with E-state index in [1.165, 1.54) is 65.0 Å². The Kier molecular flexibility index (Phi) is 8.71. The third-order valence-electron chi connectivity index (χ3n) is 12.7. The van der Waals surface area contributed by atoms with E-state index in [-0.39, 0.29) is 0 Å². The van der Waals surface area contributed by atoms with E-state index in [0.29, 0.717) is 6.42 Å². The second kappa shape index (κ2) is 15.0. The van der Waals surface area contributed by atoms with Crippen LogP contribution in [0.5, 0.6) is 0 Å². The van der Waals surface area contributed by atoms with E-state index in [4.69, 9.17) is 11.6 Å². The van der Waals surface area contributed by atoms with Crippen molar-refractivity contribution >= 4 is 81.9 Å². The van der Waals surface area contributed by atoms with Crippen molar-refractivity contribution in [2.45, 2.75) is 6.42 Å². The molecule has 10 aromatic carbocycles. The Morgan fingerprint density at radius 3 is 1.83 bits per heavy atom. The molecule has 11 aromatic rings. The van der Waals surface area contributed by atoms with E-state index in [0.717, 1.165) is 56.0 Å². The third-order valence-corrected chi connectivity index (χ3v) is 12.7. The number of hydrogen-bond acceptors (Lipinski definition) is 1. The highest BCUT2D eigenvalue weighted by Crippen LogP contribution is 2.44. The summed E-state index contributed by atoms with van der Waals surface area (Å²) >= 11 is 0. The summed E-state index contributed by atoms with van der Waals surface area (Å²) in [7, 11) is 0. The number of fused-ring (bicyclic) bond motifs is 10. The van der Waals surface area contributed by atoms with E-state index in [1.54, 1.807) is 0 Å². The largest absolute Gasteiger partial charge is 0.309 e. The Morgan fingerprint density at radius 2 is 1.05 bits per heavy atom. The number of aromatic nitrogens is 1. The smallest absolute Gasteiger partial charge is 0.0711 e. The Balaban J connectivity index is 1.18. The molecular formula is C61H40N2. The van der Waals surface area contributed by atoms with Gasteiger partial charge >= 0.3 is 0 Å². The van der Waals surface area contributed by atoms with Crippen LogP contribution >= 0.6 is 0 Å². The van der Waals surface area contributed by atoms with E-state index in [1.807, 2.05) is 6.07 Å². The van der Waals surface area contributed by atoms with Gasteiger partial charge in [-0.05, 0) is 102 Å². The summed E-state index contributed by atoms with van der Waals surface area (Å²) in [6.45, 7) is 4.77. The highest BCUT2D eigenvalue weighted by atomic mass is 15.0. The van der Waals surface area contributed by atoms with Crippen LogP contribution in [0.2, 0.25) is 0 Å². The highest BCUT2D eigenvalue weighted by Gasteiger charge is 2.21.